The van der Waals surface area contributed by atoms with Gasteiger partial charge in [-0.3, -0.25) is 4.79 Å². The van der Waals surface area contributed by atoms with Crippen LogP contribution >= 0.6 is 0 Å². The first kappa shape index (κ1) is 17.1. The third kappa shape index (κ3) is 3.84. The molecule has 0 fully saturated rings. The quantitative estimate of drug-likeness (QED) is 0.744. The highest BCUT2D eigenvalue weighted by molar-refractivity contribution is 5.81. The Bertz CT molecular complexity index is 949. The van der Waals surface area contributed by atoms with E-state index < -0.39 is 11.4 Å². The van der Waals surface area contributed by atoms with E-state index >= 15 is 0 Å². The highest BCUT2D eigenvalue weighted by Gasteiger charge is 2.11. The molecule has 0 bridgehead atoms. The summed E-state index contributed by atoms with van der Waals surface area (Å²) in [6, 6.07) is 8.79. The van der Waals surface area contributed by atoms with Gasteiger partial charge in [-0.15, -0.1) is 0 Å². The lowest BCUT2D eigenvalue weighted by Crippen LogP contribution is -2.24. The van der Waals surface area contributed by atoms with Gasteiger partial charge < -0.3 is 9.88 Å². The van der Waals surface area contributed by atoms with E-state index in [1.54, 1.807) is 18.2 Å². The first-order chi connectivity index (χ1) is 11.9. The fourth-order valence-corrected chi connectivity index (χ4v) is 2.60. The molecule has 4 nitrogen and oxygen atoms in total. The molecule has 2 aromatic heterocycles. The molecule has 0 saturated heterocycles. The molecule has 0 unspecified atom stereocenters. The van der Waals surface area contributed by atoms with Gasteiger partial charge in [-0.1, -0.05) is 13.8 Å². The maximum atomic E-state index is 13.9. The summed E-state index contributed by atoms with van der Waals surface area (Å²) < 4.78 is 28.4. The Balaban J connectivity index is 2.02. The van der Waals surface area contributed by atoms with Crippen molar-refractivity contribution in [3.8, 4) is 0 Å². The molecule has 3 rings (SSSR count). The number of aryl methyl sites for hydroxylation is 1. The van der Waals surface area contributed by atoms with Gasteiger partial charge in [0.1, 0.15) is 11.6 Å². The van der Waals surface area contributed by atoms with Gasteiger partial charge in [-0.25, -0.2) is 13.8 Å². The molecule has 130 valence electrons. The van der Waals surface area contributed by atoms with Crippen LogP contribution in [0.25, 0.3) is 10.9 Å². The summed E-state index contributed by atoms with van der Waals surface area (Å²) in [4.78, 5) is 16.5. The van der Waals surface area contributed by atoms with Gasteiger partial charge in [0.15, 0.2) is 5.82 Å². The molecular weight excluding hydrogens is 324 g/mol. The van der Waals surface area contributed by atoms with Crippen LogP contribution < -0.4 is 10.9 Å². The van der Waals surface area contributed by atoms with Gasteiger partial charge in [0.2, 0.25) is 0 Å². The standard InChI is InChI=1S/C19H19F2N3O/c1-12(2)7-8-24-17-10-18(23-15-5-3-14(20)4-6-15)22-11-13(17)9-16(21)19(24)25/h3-6,9-12H,7-8H2,1-2H3,(H,22,23). The van der Waals surface area contributed by atoms with Gasteiger partial charge >= 0.3 is 0 Å². The number of halogens is 2. The van der Waals surface area contributed by atoms with Crippen molar-refractivity contribution in [3.63, 3.8) is 0 Å². The summed E-state index contributed by atoms with van der Waals surface area (Å²) in [5.74, 6) is -0.209. The SMILES string of the molecule is CC(C)CCn1c(=O)c(F)cc2cnc(Nc3ccc(F)cc3)cc21. The van der Waals surface area contributed by atoms with Crippen LogP contribution in [0.3, 0.4) is 0 Å². The number of fused-ring (bicyclic) bond motifs is 1. The Kier molecular flexibility index (Phi) is 4.79. The third-order valence-corrected chi connectivity index (χ3v) is 3.98. The van der Waals surface area contributed by atoms with Crippen molar-refractivity contribution in [1.82, 2.24) is 9.55 Å². The molecular formula is C19H19F2N3O. The Labute approximate surface area is 144 Å². The molecule has 1 N–H and O–H groups in total. The normalized spacial score (nSPS) is 11.2. The van der Waals surface area contributed by atoms with E-state index in [2.05, 4.69) is 24.1 Å². The highest BCUT2D eigenvalue weighted by atomic mass is 19.1. The molecule has 1 aromatic carbocycles. The Morgan fingerprint density at radius 3 is 2.56 bits per heavy atom. The Hall–Kier alpha value is -2.76. The molecule has 0 aliphatic rings. The minimum atomic E-state index is -0.780. The van der Waals surface area contributed by atoms with E-state index in [1.165, 1.54) is 29.0 Å². The minimum Gasteiger partial charge on any atom is -0.340 e. The Morgan fingerprint density at radius 1 is 1.16 bits per heavy atom. The predicted octanol–water partition coefficient (Wildman–Crippen LogP) is 4.46. The summed E-state index contributed by atoms with van der Waals surface area (Å²) in [5.41, 5.74) is 0.658. The van der Waals surface area contributed by atoms with Gasteiger partial charge in [0.05, 0.1) is 5.52 Å². The minimum absolute atomic E-state index is 0.324. The molecule has 0 saturated carbocycles. The molecule has 0 spiro atoms. The van der Waals surface area contributed by atoms with Crippen molar-refractivity contribution in [1.29, 1.82) is 0 Å². The maximum absolute atomic E-state index is 13.9. The van der Waals surface area contributed by atoms with Gasteiger partial charge in [0, 0.05) is 29.9 Å². The van der Waals surface area contributed by atoms with Gasteiger partial charge in [-0.2, -0.15) is 0 Å². The molecule has 25 heavy (non-hydrogen) atoms. The van der Waals surface area contributed by atoms with Gasteiger partial charge in [-0.05, 0) is 42.7 Å². The van der Waals surface area contributed by atoms with Crippen molar-refractivity contribution >= 4 is 22.4 Å². The average molecular weight is 343 g/mol. The van der Waals surface area contributed by atoms with Crippen LogP contribution in [0.5, 0.6) is 0 Å². The summed E-state index contributed by atoms with van der Waals surface area (Å²) in [6.07, 6.45) is 2.29. The van der Waals surface area contributed by atoms with Crippen LogP contribution in [-0.4, -0.2) is 9.55 Å². The van der Waals surface area contributed by atoms with Crippen molar-refractivity contribution < 1.29 is 8.78 Å². The van der Waals surface area contributed by atoms with Crippen molar-refractivity contribution in [2.45, 2.75) is 26.8 Å². The number of rotatable bonds is 5. The molecule has 0 aliphatic carbocycles. The zero-order valence-corrected chi connectivity index (χ0v) is 14.1. The lowest BCUT2D eigenvalue weighted by Gasteiger charge is -2.13. The van der Waals surface area contributed by atoms with Crippen LogP contribution in [0.15, 0.2) is 47.4 Å². The number of benzene rings is 1. The predicted molar refractivity (Wildman–Crippen MR) is 95.1 cm³/mol. The largest absolute Gasteiger partial charge is 0.340 e. The van der Waals surface area contributed by atoms with Crippen LogP contribution in [0.2, 0.25) is 0 Å². The van der Waals surface area contributed by atoms with E-state index in [0.717, 1.165) is 6.42 Å². The fraction of sp³-hybridized carbons (Fsp3) is 0.263. The van der Waals surface area contributed by atoms with Crippen LogP contribution in [-0.2, 0) is 6.54 Å². The lowest BCUT2D eigenvalue weighted by atomic mass is 10.1. The van der Waals surface area contributed by atoms with Crippen LogP contribution in [0, 0.1) is 17.6 Å². The number of anilines is 2. The topological polar surface area (TPSA) is 46.9 Å². The van der Waals surface area contributed by atoms with Crippen molar-refractivity contribution in [2.75, 3.05) is 5.32 Å². The lowest BCUT2D eigenvalue weighted by molar-refractivity contribution is 0.501. The maximum Gasteiger partial charge on any atom is 0.287 e. The number of nitrogens with one attached hydrogen (secondary N) is 1. The molecule has 0 atom stereocenters. The smallest absolute Gasteiger partial charge is 0.287 e. The summed E-state index contributed by atoms with van der Waals surface area (Å²) in [6.45, 7) is 4.54. The number of hydrogen-bond donors (Lipinski definition) is 1. The molecule has 0 amide bonds. The molecule has 2 heterocycles. The van der Waals surface area contributed by atoms with Crippen LogP contribution in [0.1, 0.15) is 20.3 Å². The van der Waals surface area contributed by atoms with Gasteiger partial charge in [0.25, 0.3) is 5.56 Å². The summed E-state index contributed by atoms with van der Waals surface area (Å²) in [7, 11) is 0. The second-order valence-corrected chi connectivity index (χ2v) is 6.39. The van der Waals surface area contributed by atoms with E-state index in [0.29, 0.717) is 34.9 Å². The second-order valence-electron chi connectivity index (χ2n) is 6.39. The van der Waals surface area contributed by atoms with E-state index in [1.807, 2.05) is 0 Å². The first-order valence-electron chi connectivity index (χ1n) is 8.16. The number of pyridine rings is 2. The monoisotopic (exact) mass is 343 g/mol. The molecule has 6 heteroatoms. The zero-order valence-electron chi connectivity index (χ0n) is 14.1. The van der Waals surface area contributed by atoms with Crippen molar-refractivity contribution in [3.05, 3.63) is 64.6 Å². The van der Waals surface area contributed by atoms with Crippen LogP contribution in [0.4, 0.5) is 20.3 Å². The third-order valence-electron chi connectivity index (χ3n) is 3.98. The first-order valence-corrected chi connectivity index (χ1v) is 8.16. The zero-order chi connectivity index (χ0) is 18.0. The number of hydrogen-bond acceptors (Lipinski definition) is 3. The van der Waals surface area contributed by atoms with Crippen molar-refractivity contribution in [2.24, 2.45) is 5.92 Å². The van der Waals surface area contributed by atoms with E-state index in [4.69, 9.17) is 0 Å². The fourth-order valence-electron chi connectivity index (χ4n) is 2.60. The molecule has 3 aromatic rings. The molecule has 0 aliphatic heterocycles. The van der Waals surface area contributed by atoms with E-state index in [9.17, 15) is 13.6 Å². The molecule has 0 radical (unpaired) electrons. The summed E-state index contributed by atoms with van der Waals surface area (Å²) >= 11 is 0. The average Bonchev–Trinajstić information content (AvgIpc) is 2.57. The van der Waals surface area contributed by atoms with E-state index in [-0.39, 0.29) is 5.82 Å². The highest BCUT2D eigenvalue weighted by Crippen LogP contribution is 2.20. The summed E-state index contributed by atoms with van der Waals surface area (Å²) in [5, 5.41) is 3.62. The second kappa shape index (κ2) is 7.01. The number of nitrogens with zero attached hydrogens (tertiary/aromatic N) is 2. The number of aromatic nitrogens is 2. The Morgan fingerprint density at radius 2 is 1.88 bits per heavy atom.